The number of hydrogen-bond acceptors (Lipinski definition) is 4. The number of fused-ring (bicyclic) bond motifs is 1. The minimum absolute atomic E-state index is 0.305. The van der Waals surface area contributed by atoms with Gasteiger partial charge in [-0.1, -0.05) is 0 Å². The maximum Gasteiger partial charge on any atom is 0.336 e. The minimum Gasteiger partial charge on any atom is -0.493 e. The molecule has 0 bridgehead atoms. The van der Waals surface area contributed by atoms with Crippen molar-refractivity contribution in [1.82, 2.24) is 0 Å². The van der Waals surface area contributed by atoms with Gasteiger partial charge in [0.25, 0.3) is 0 Å². The summed E-state index contributed by atoms with van der Waals surface area (Å²) < 4.78 is 16.7. The van der Waals surface area contributed by atoms with E-state index in [1.807, 2.05) is 0 Å². The van der Waals surface area contributed by atoms with Crippen molar-refractivity contribution in [2.24, 2.45) is 0 Å². The molecule has 2 aliphatic rings. The first-order chi connectivity index (χ1) is 9.15. The number of methoxy groups -OCH3 is 1. The molecular weight excluding hydrogens is 248 g/mol. The van der Waals surface area contributed by atoms with Gasteiger partial charge in [-0.2, -0.15) is 0 Å². The average molecular weight is 264 g/mol. The molecule has 0 aromatic heterocycles. The zero-order chi connectivity index (χ0) is 13.5. The van der Waals surface area contributed by atoms with Crippen molar-refractivity contribution >= 4 is 5.97 Å². The van der Waals surface area contributed by atoms with Gasteiger partial charge in [0.05, 0.1) is 25.9 Å². The Labute approximate surface area is 111 Å². The van der Waals surface area contributed by atoms with Crippen molar-refractivity contribution in [2.75, 3.05) is 20.3 Å². The lowest BCUT2D eigenvalue weighted by Gasteiger charge is -2.32. The van der Waals surface area contributed by atoms with Crippen LogP contribution in [0.4, 0.5) is 0 Å². The molecule has 2 heterocycles. The van der Waals surface area contributed by atoms with Gasteiger partial charge in [-0.15, -0.1) is 0 Å². The van der Waals surface area contributed by atoms with Crippen LogP contribution < -0.4 is 9.47 Å². The van der Waals surface area contributed by atoms with Crippen LogP contribution in [0.1, 0.15) is 28.8 Å². The zero-order valence-corrected chi connectivity index (χ0v) is 10.8. The molecule has 2 aliphatic heterocycles. The van der Waals surface area contributed by atoms with Crippen LogP contribution in [-0.2, 0) is 11.2 Å². The van der Waals surface area contributed by atoms with Gasteiger partial charge < -0.3 is 19.3 Å². The van der Waals surface area contributed by atoms with Gasteiger partial charge >= 0.3 is 5.97 Å². The summed E-state index contributed by atoms with van der Waals surface area (Å²) in [6, 6.07) is 3.24. The van der Waals surface area contributed by atoms with E-state index in [-0.39, 0.29) is 5.60 Å². The van der Waals surface area contributed by atoms with E-state index in [1.165, 1.54) is 0 Å². The number of ether oxygens (including phenoxy) is 3. The molecule has 0 atom stereocenters. The highest BCUT2D eigenvalue weighted by molar-refractivity contribution is 5.91. The van der Waals surface area contributed by atoms with Crippen molar-refractivity contribution in [3.63, 3.8) is 0 Å². The van der Waals surface area contributed by atoms with E-state index in [0.717, 1.165) is 18.4 Å². The van der Waals surface area contributed by atoms with Gasteiger partial charge in [0.2, 0.25) is 0 Å². The van der Waals surface area contributed by atoms with Crippen molar-refractivity contribution in [3.05, 3.63) is 23.3 Å². The molecule has 1 spiro atoms. The second-order valence-corrected chi connectivity index (χ2v) is 5.00. The lowest BCUT2D eigenvalue weighted by atomic mass is 9.88. The molecule has 1 aromatic carbocycles. The zero-order valence-electron chi connectivity index (χ0n) is 10.8. The molecule has 3 rings (SSSR count). The van der Waals surface area contributed by atoms with Gasteiger partial charge in [0, 0.05) is 24.8 Å². The molecule has 1 fully saturated rings. The first-order valence-corrected chi connectivity index (χ1v) is 6.35. The Kier molecular flexibility index (Phi) is 2.86. The van der Waals surface area contributed by atoms with Gasteiger partial charge in [0.15, 0.2) is 11.5 Å². The highest BCUT2D eigenvalue weighted by Crippen LogP contribution is 2.47. The van der Waals surface area contributed by atoms with Crippen molar-refractivity contribution in [2.45, 2.75) is 24.9 Å². The normalized spacial score (nSPS) is 19.8. The highest BCUT2D eigenvalue weighted by atomic mass is 16.5. The number of rotatable bonds is 2. The van der Waals surface area contributed by atoms with Crippen molar-refractivity contribution < 1.29 is 24.1 Å². The molecule has 5 nitrogen and oxygen atoms in total. The Bertz CT molecular complexity index is 517. The molecule has 1 saturated heterocycles. The van der Waals surface area contributed by atoms with Gasteiger partial charge in [0.1, 0.15) is 5.60 Å². The van der Waals surface area contributed by atoms with E-state index < -0.39 is 5.97 Å². The number of carboxylic acid groups (broad SMARTS) is 1. The van der Waals surface area contributed by atoms with E-state index in [2.05, 4.69) is 0 Å². The fourth-order valence-corrected chi connectivity index (χ4v) is 2.85. The Hall–Kier alpha value is -1.75. The third-order valence-electron chi connectivity index (χ3n) is 3.90. The van der Waals surface area contributed by atoms with Crippen LogP contribution in [0.5, 0.6) is 11.5 Å². The molecule has 1 aromatic rings. The Morgan fingerprint density at radius 3 is 2.74 bits per heavy atom. The summed E-state index contributed by atoms with van der Waals surface area (Å²) >= 11 is 0. The van der Waals surface area contributed by atoms with Gasteiger partial charge in [-0.05, 0) is 12.1 Å². The number of carbonyl (C=O) groups is 1. The van der Waals surface area contributed by atoms with E-state index >= 15 is 0 Å². The fourth-order valence-electron chi connectivity index (χ4n) is 2.85. The highest BCUT2D eigenvalue weighted by Gasteiger charge is 2.43. The predicted octanol–water partition coefficient (Wildman–Crippen LogP) is 1.88. The topological polar surface area (TPSA) is 65.0 Å². The fraction of sp³-hybridized carbons (Fsp3) is 0.500. The summed E-state index contributed by atoms with van der Waals surface area (Å²) in [6.45, 7) is 1.30. The average Bonchev–Trinajstić information content (AvgIpc) is 2.76. The third kappa shape index (κ3) is 1.94. The minimum atomic E-state index is -0.924. The standard InChI is InChI=1S/C14H16O5/c1-17-11-3-2-9(13(15)16)10-8-14(19-12(10)11)4-6-18-7-5-14/h2-3H,4-8H2,1H3,(H,15,16). The van der Waals surface area contributed by atoms with Crippen LogP contribution in [0, 0.1) is 0 Å². The Balaban J connectivity index is 2.04. The molecule has 0 saturated carbocycles. The quantitative estimate of drug-likeness (QED) is 0.883. The molecule has 102 valence electrons. The molecule has 0 radical (unpaired) electrons. The maximum absolute atomic E-state index is 11.3. The van der Waals surface area contributed by atoms with Crippen LogP contribution in [0.15, 0.2) is 12.1 Å². The van der Waals surface area contributed by atoms with Crippen LogP contribution in [0.25, 0.3) is 0 Å². The number of benzene rings is 1. The lowest BCUT2D eigenvalue weighted by Crippen LogP contribution is -2.40. The molecular formula is C14H16O5. The summed E-state index contributed by atoms with van der Waals surface area (Å²) in [7, 11) is 1.56. The summed E-state index contributed by atoms with van der Waals surface area (Å²) in [6.07, 6.45) is 2.18. The van der Waals surface area contributed by atoms with Crippen LogP contribution in [-0.4, -0.2) is 37.0 Å². The second-order valence-electron chi connectivity index (χ2n) is 5.00. The van der Waals surface area contributed by atoms with Crippen molar-refractivity contribution in [1.29, 1.82) is 0 Å². The van der Waals surface area contributed by atoms with Crippen molar-refractivity contribution in [3.8, 4) is 11.5 Å². The first-order valence-electron chi connectivity index (χ1n) is 6.35. The van der Waals surface area contributed by atoms with E-state index in [4.69, 9.17) is 14.2 Å². The molecule has 19 heavy (non-hydrogen) atoms. The number of hydrogen-bond donors (Lipinski definition) is 1. The molecule has 0 aliphatic carbocycles. The van der Waals surface area contributed by atoms with Crippen LogP contribution >= 0.6 is 0 Å². The smallest absolute Gasteiger partial charge is 0.336 e. The summed E-state index contributed by atoms with van der Waals surface area (Å²) in [5.74, 6) is 0.263. The first kappa shape index (κ1) is 12.3. The van der Waals surface area contributed by atoms with Crippen LogP contribution in [0.3, 0.4) is 0 Å². The van der Waals surface area contributed by atoms with E-state index in [1.54, 1.807) is 19.2 Å². The summed E-state index contributed by atoms with van der Waals surface area (Å²) in [5, 5.41) is 9.28. The predicted molar refractivity (Wildman–Crippen MR) is 67.1 cm³/mol. The lowest BCUT2D eigenvalue weighted by molar-refractivity contribution is -0.0338. The molecule has 1 N–H and O–H groups in total. The maximum atomic E-state index is 11.3. The van der Waals surface area contributed by atoms with E-state index in [9.17, 15) is 9.90 Å². The van der Waals surface area contributed by atoms with E-state index in [0.29, 0.717) is 36.7 Å². The Morgan fingerprint density at radius 2 is 2.11 bits per heavy atom. The third-order valence-corrected chi connectivity index (χ3v) is 3.90. The SMILES string of the molecule is COc1ccc(C(=O)O)c2c1OC1(CCOCC1)C2. The monoisotopic (exact) mass is 264 g/mol. The van der Waals surface area contributed by atoms with Gasteiger partial charge in [-0.25, -0.2) is 4.79 Å². The molecule has 5 heteroatoms. The number of carboxylic acids is 1. The summed E-state index contributed by atoms with van der Waals surface area (Å²) in [5.41, 5.74) is 0.729. The number of aromatic carboxylic acids is 1. The molecule has 0 amide bonds. The summed E-state index contributed by atoms with van der Waals surface area (Å²) in [4.78, 5) is 11.3. The molecule has 0 unspecified atom stereocenters. The largest absolute Gasteiger partial charge is 0.493 e. The van der Waals surface area contributed by atoms with Gasteiger partial charge in [-0.3, -0.25) is 0 Å². The Morgan fingerprint density at radius 1 is 1.37 bits per heavy atom. The second kappa shape index (κ2) is 4.42. The van der Waals surface area contributed by atoms with Crippen LogP contribution in [0.2, 0.25) is 0 Å².